The number of nitriles is 2. The lowest BCUT2D eigenvalue weighted by atomic mass is 9.95. The van der Waals surface area contributed by atoms with E-state index in [0.717, 1.165) is 0 Å². The predicted molar refractivity (Wildman–Crippen MR) is 113 cm³/mol. The lowest BCUT2D eigenvalue weighted by molar-refractivity contribution is 0.287. The maximum Gasteiger partial charge on any atom is 0.211 e. The normalized spacial score (nSPS) is 14.4. The number of guanidine groups is 1. The van der Waals surface area contributed by atoms with Gasteiger partial charge >= 0.3 is 0 Å². The number of nitrogen functional groups attached to an aromatic ring is 2. The number of aromatic nitrogens is 1. The van der Waals surface area contributed by atoms with Crippen molar-refractivity contribution in [2.24, 2.45) is 4.99 Å². The Bertz CT molecular complexity index is 1100. The summed E-state index contributed by atoms with van der Waals surface area (Å²) in [7, 11) is 0. The molecule has 0 spiro atoms. The van der Waals surface area contributed by atoms with Crippen LogP contribution in [0.3, 0.4) is 0 Å². The van der Waals surface area contributed by atoms with E-state index in [-0.39, 0.29) is 28.8 Å². The van der Waals surface area contributed by atoms with Gasteiger partial charge in [0.15, 0.2) is 17.7 Å². The Morgan fingerprint density at radius 1 is 1.23 bits per heavy atom. The van der Waals surface area contributed by atoms with Gasteiger partial charge in [0.2, 0.25) is 5.96 Å². The van der Waals surface area contributed by atoms with E-state index >= 15 is 0 Å². The lowest BCUT2D eigenvalue weighted by Crippen LogP contribution is -2.32. The highest BCUT2D eigenvalue weighted by atomic mass is 35.5. The fraction of sp³-hybridized carbons (Fsp3) is 0.263. The summed E-state index contributed by atoms with van der Waals surface area (Å²) in [5.74, 6) is 1.26. The van der Waals surface area contributed by atoms with E-state index in [2.05, 4.69) is 20.6 Å². The molecule has 1 unspecified atom stereocenters. The molecule has 1 atom stereocenters. The van der Waals surface area contributed by atoms with Crippen molar-refractivity contribution in [3.63, 3.8) is 0 Å². The third-order valence-corrected chi connectivity index (χ3v) is 4.57. The summed E-state index contributed by atoms with van der Waals surface area (Å²) in [6, 6.07) is 4.63. The Labute approximate surface area is 178 Å². The Morgan fingerprint density at radius 3 is 2.60 bits per heavy atom. The number of nitrogens with one attached hydrogen (secondary N) is 2. The number of pyridine rings is 1. The quantitative estimate of drug-likeness (QED) is 0.414. The van der Waals surface area contributed by atoms with E-state index in [1.165, 1.54) is 0 Å². The topological polar surface area (TPSA) is 167 Å². The Hall–Kier alpha value is -3.89. The standard InChI is InChI=1S/C19H19ClN8O2/c1-3-29-12-6-9(5-11(20)16(12)30-4-2)15-13-14(23)10(7-21)17(24)27-18(13)28-19(26-15)25-8-22/h5-6,15H,3-4H2,1-2H3,(H6,23,24,25,26,27,28). The molecule has 0 fully saturated rings. The van der Waals surface area contributed by atoms with Crippen molar-refractivity contribution in [1.29, 1.82) is 10.5 Å². The number of rotatable bonds is 5. The number of anilines is 3. The average Bonchev–Trinajstić information content (AvgIpc) is 2.70. The van der Waals surface area contributed by atoms with Crippen LogP contribution >= 0.6 is 11.6 Å². The van der Waals surface area contributed by atoms with E-state index in [1.54, 1.807) is 18.3 Å². The van der Waals surface area contributed by atoms with Crippen LogP contribution in [0.2, 0.25) is 5.02 Å². The highest BCUT2D eigenvalue weighted by Crippen LogP contribution is 2.44. The van der Waals surface area contributed by atoms with Crippen LogP contribution in [0, 0.1) is 22.8 Å². The van der Waals surface area contributed by atoms with Gasteiger partial charge in [-0.05, 0) is 31.5 Å². The SMILES string of the molecule is CCOc1cc(C2N=C(NC#N)Nc3nc(N)c(C#N)c(N)c32)cc(Cl)c1OCC. The fourth-order valence-electron chi connectivity index (χ4n) is 3.12. The summed E-state index contributed by atoms with van der Waals surface area (Å²) < 4.78 is 11.3. The van der Waals surface area contributed by atoms with Crippen LogP contribution < -0.4 is 31.6 Å². The molecule has 0 saturated heterocycles. The molecule has 2 aromatic rings. The zero-order valence-electron chi connectivity index (χ0n) is 16.3. The number of nitrogens with zero attached hydrogens (tertiary/aromatic N) is 4. The van der Waals surface area contributed by atoms with Crippen molar-refractivity contribution >= 4 is 34.9 Å². The van der Waals surface area contributed by atoms with Crippen molar-refractivity contribution < 1.29 is 9.47 Å². The molecular weight excluding hydrogens is 408 g/mol. The van der Waals surface area contributed by atoms with Crippen LogP contribution in [0.4, 0.5) is 17.3 Å². The van der Waals surface area contributed by atoms with E-state index in [1.807, 2.05) is 19.9 Å². The monoisotopic (exact) mass is 426 g/mol. The summed E-state index contributed by atoms with van der Waals surface area (Å²) in [5.41, 5.74) is 13.3. The number of hydrogen-bond donors (Lipinski definition) is 4. The van der Waals surface area contributed by atoms with Gasteiger partial charge in [-0.2, -0.15) is 10.5 Å². The zero-order valence-corrected chi connectivity index (χ0v) is 17.0. The summed E-state index contributed by atoms with van der Waals surface area (Å²) in [6.07, 6.45) is 1.80. The second-order valence-corrected chi connectivity index (χ2v) is 6.51. The van der Waals surface area contributed by atoms with Crippen LogP contribution in [0.1, 0.15) is 36.6 Å². The number of benzene rings is 1. The molecule has 2 heterocycles. The fourth-order valence-corrected chi connectivity index (χ4v) is 3.39. The van der Waals surface area contributed by atoms with Gasteiger partial charge in [0.1, 0.15) is 29.3 Å². The highest BCUT2D eigenvalue weighted by molar-refractivity contribution is 6.32. The molecule has 0 bridgehead atoms. The molecule has 1 aliphatic rings. The maximum atomic E-state index is 9.43. The summed E-state index contributed by atoms with van der Waals surface area (Å²) in [6.45, 7) is 4.48. The van der Waals surface area contributed by atoms with E-state index < -0.39 is 6.04 Å². The largest absolute Gasteiger partial charge is 0.490 e. The average molecular weight is 427 g/mol. The molecule has 10 nitrogen and oxygen atoms in total. The second kappa shape index (κ2) is 8.64. The minimum absolute atomic E-state index is 0.0297. The zero-order chi connectivity index (χ0) is 21.8. The van der Waals surface area contributed by atoms with Gasteiger partial charge in [0.05, 0.1) is 23.9 Å². The van der Waals surface area contributed by atoms with E-state index in [9.17, 15) is 5.26 Å². The first-order valence-electron chi connectivity index (χ1n) is 9.02. The van der Waals surface area contributed by atoms with Gasteiger partial charge in [-0.1, -0.05) is 11.6 Å². The number of fused-ring (bicyclic) bond motifs is 1. The first-order chi connectivity index (χ1) is 14.4. The third kappa shape index (κ3) is 3.69. The Morgan fingerprint density at radius 2 is 1.97 bits per heavy atom. The Kier molecular flexibility index (Phi) is 6.00. The maximum absolute atomic E-state index is 9.43. The molecule has 0 amide bonds. The van der Waals surface area contributed by atoms with Crippen LogP contribution in [0.15, 0.2) is 17.1 Å². The van der Waals surface area contributed by atoms with Crippen LogP contribution in [-0.4, -0.2) is 24.2 Å². The van der Waals surface area contributed by atoms with Crippen LogP contribution in [-0.2, 0) is 0 Å². The van der Waals surface area contributed by atoms with Gasteiger partial charge < -0.3 is 26.3 Å². The van der Waals surface area contributed by atoms with Crippen LogP contribution in [0.5, 0.6) is 11.5 Å². The minimum Gasteiger partial charge on any atom is -0.490 e. The first kappa shape index (κ1) is 20.8. The van der Waals surface area contributed by atoms with Crippen molar-refractivity contribution in [3.05, 3.63) is 33.8 Å². The molecule has 6 N–H and O–H groups in total. The van der Waals surface area contributed by atoms with E-state index in [4.69, 9.17) is 37.8 Å². The minimum atomic E-state index is -0.732. The van der Waals surface area contributed by atoms with Crippen molar-refractivity contribution in [2.75, 3.05) is 30.0 Å². The molecule has 1 aromatic heterocycles. The molecule has 3 rings (SSSR count). The van der Waals surface area contributed by atoms with Crippen molar-refractivity contribution in [2.45, 2.75) is 19.9 Å². The molecule has 154 valence electrons. The van der Waals surface area contributed by atoms with Crippen molar-refractivity contribution in [3.8, 4) is 23.8 Å². The highest BCUT2D eigenvalue weighted by Gasteiger charge is 2.31. The Balaban J connectivity index is 2.25. The predicted octanol–water partition coefficient (Wildman–Crippen LogP) is 2.51. The molecule has 1 aromatic carbocycles. The van der Waals surface area contributed by atoms with Crippen molar-refractivity contribution in [1.82, 2.24) is 10.3 Å². The summed E-state index contributed by atoms with van der Waals surface area (Å²) >= 11 is 6.46. The summed E-state index contributed by atoms with van der Waals surface area (Å²) in [5, 5.41) is 24.1. The number of ether oxygens (including phenoxy) is 2. The summed E-state index contributed by atoms with van der Waals surface area (Å²) in [4.78, 5) is 8.74. The molecule has 30 heavy (non-hydrogen) atoms. The lowest BCUT2D eigenvalue weighted by Gasteiger charge is -2.27. The molecule has 11 heteroatoms. The molecule has 0 aliphatic carbocycles. The molecule has 0 saturated carbocycles. The van der Waals surface area contributed by atoms with Gasteiger partial charge in [-0.15, -0.1) is 0 Å². The molecule has 0 radical (unpaired) electrons. The number of halogens is 1. The van der Waals surface area contributed by atoms with Gasteiger partial charge in [0, 0.05) is 5.56 Å². The van der Waals surface area contributed by atoms with E-state index in [0.29, 0.717) is 40.9 Å². The van der Waals surface area contributed by atoms with Gasteiger partial charge in [0.25, 0.3) is 0 Å². The van der Waals surface area contributed by atoms with Gasteiger partial charge in [-0.25, -0.2) is 9.98 Å². The molecule has 1 aliphatic heterocycles. The van der Waals surface area contributed by atoms with Gasteiger partial charge in [-0.3, -0.25) is 5.32 Å². The smallest absolute Gasteiger partial charge is 0.211 e. The third-order valence-electron chi connectivity index (χ3n) is 4.29. The number of nitrogens with two attached hydrogens (primary N) is 2. The number of hydrogen-bond acceptors (Lipinski definition) is 10. The number of aliphatic imine (C=N–C) groups is 1. The molecular formula is C19H19ClN8O2. The first-order valence-corrected chi connectivity index (χ1v) is 9.40. The van der Waals surface area contributed by atoms with Crippen LogP contribution in [0.25, 0.3) is 0 Å². The second-order valence-electron chi connectivity index (χ2n) is 6.10.